The van der Waals surface area contributed by atoms with Gasteiger partial charge in [-0.1, -0.05) is 6.92 Å². The second kappa shape index (κ2) is 7.96. The Hall–Kier alpha value is -2.61. The molecule has 0 bridgehead atoms. The molecule has 1 N–H and O–H groups in total. The van der Waals surface area contributed by atoms with Crippen LogP contribution < -0.4 is 5.32 Å². The number of hydrogen-bond donors (Lipinski definition) is 1. The molecule has 2 heterocycles. The van der Waals surface area contributed by atoms with Crippen LogP contribution in [0.2, 0.25) is 0 Å². The highest BCUT2D eigenvalue weighted by Crippen LogP contribution is 2.21. The van der Waals surface area contributed by atoms with Crippen molar-refractivity contribution in [1.82, 2.24) is 4.90 Å². The number of hydrogen-bond acceptors (Lipinski definition) is 5. The Balaban J connectivity index is 1.63. The molecule has 1 fully saturated rings. The van der Waals surface area contributed by atoms with E-state index in [1.165, 1.54) is 24.7 Å². The Morgan fingerprint density at radius 1 is 1.22 bits per heavy atom. The summed E-state index contributed by atoms with van der Waals surface area (Å²) >= 11 is 0. The number of anilines is 1. The minimum absolute atomic E-state index is 0.0291. The summed E-state index contributed by atoms with van der Waals surface area (Å²) in [5.74, 6) is -0.601. The van der Waals surface area contributed by atoms with Gasteiger partial charge in [-0.15, -0.1) is 0 Å². The number of piperidine rings is 1. The molecule has 144 valence electrons. The molecule has 0 spiro atoms. The van der Waals surface area contributed by atoms with Gasteiger partial charge in [-0.05, 0) is 43.2 Å². The molecule has 1 aromatic carbocycles. The minimum Gasteiger partial charge on any atom is -0.472 e. The third-order valence-electron chi connectivity index (χ3n) is 4.71. The molecule has 0 unspecified atom stereocenters. The maximum Gasteiger partial charge on any atom is 0.257 e. The maximum absolute atomic E-state index is 12.6. The Morgan fingerprint density at radius 3 is 2.59 bits per heavy atom. The standard InChI is InChI=1S/C19H22N2O5S/c1-2-27(24,25)17-7-5-16(6-8-17)20-18(22)14-4-3-10-21(12-14)19(23)15-9-11-26-13-15/h5-9,11,13-14H,2-4,10,12H2,1H3,(H,20,22)/t14-/m0/s1. The van der Waals surface area contributed by atoms with Crippen LogP contribution in [0.25, 0.3) is 0 Å². The zero-order valence-electron chi connectivity index (χ0n) is 15.1. The summed E-state index contributed by atoms with van der Waals surface area (Å²) in [7, 11) is -3.27. The van der Waals surface area contributed by atoms with Crippen molar-refractivity contribution in [1.29, 1.82) is 0 Å². The van der Waals surface area contributed by atoms with Crippen LogP contribution >= 0.6 is 0 Å². The fourth-order valence-electron chi connectivity index (χ4n) is 3.10. The lowest BCUT2D eigenvalue weighted by atomic mass is 9.96. The van der Waals surface area contributed by atoms with Crippen molar-refractivity contribution >= 4 is 27.3 Å². The van der Waals surface area contributed by atoms with E-state index in [0.29, 0.717) is 30.8 Å². The second-order valence-corrected chi connectivity index (χ2v) is 8.80. The first-order valence-corrected chi connectivity index (χ1v) is 10.5. The molecule has 7 nitrogen and oxygen atoms in total. The Labute approximate surface area is 158 Å². The van der Waals surface area contributed by atoms with Crippen molar-refractivity contribution in [2.24, 2.45) is 5.92 Å². The van der Waals surface area contributed by atoms with Crippen molar-refractivity contribution in [2.75, 3.05) is 24.2 Å². The molecule has 2 aromatic rings. The Bertz CT molecular complexity index is 904. The summed E-state index contributed by atoms with van der Waals surface area (Å²) in [4.78, 5) is 26.9. The van der Waals surface area contributed by atoms with Crippen LogP contribution in [0.3, 0.4) is 0 Å². The quantitative estimate of drug-likeness (QED) is 0.846. The van der Waals surface area contributed by atoms with E-state index in [-0.39, 0.29) is 28.4 Å². The largest absolute Gasteiger partial charge is 0.472 e. The number of amides is 2. The van der Waals surface area contributed by atoms with E-state index in [4.69, 9.17) is 4.42 Å². The van der Waals surface area contributed by atoms with E-state index in [1.54, 1.807) is 30.0 Å². The van der Waals surface area contributed by atoms with E-state index < -0.39 is 9.84 Å². The van der Waals surface area contributed by atoms with E-state index in [0.717, 1.165) is 6.42 Å². The second-order valence-electron chi connectivity index (χ2n) is 6.52. The van der Waals surface area contributed by atoms with E-state index in [9.17, 15) is 18.0 Å². The molecule has 1 aliphatic heterocycles. The molecule has 8 heteroatoms. The predicted molar refractivity (Wildman–Crippen MR) is 100 cm³/mol. The summed E-state index contributed by atoms with van der Waals surface area (Å²) in [6.45, 7) is 2.54. The van der Waals surface area contributed by atoms with Crippen LogP contribution in [-0.4, -0.2) is 44.0 Å². The van der Waals surface area contributed by atoms with Crippen molar-refractivity contribution in [3.63, 3.8) is 0 Å². The molecule has 0 aliphatic carbocycles. The number of carbonyl (C=O) groups is 2. The Morgan fingerprint density at radius 2 is 1.96 bits per heavy atom. The average molecular weight is 390 g/mol. The van der Waals surface area contributed by atoms with Crippen LogP contribution in [0.5, 0.6) is 0 Å². The molecule has 1 aliphatic rings. The van der Waals surface area contributed by atoms with Gasteiger partial charge >= 0.3 is 0 Å². The molecular weight excluding hydrogens is 368 g/mol. The van der Waals surface area contributed by atoms with Crippen LogP contribution in [0.4, 0.5) is 5.69 Å². The van der Waals surface area contributed by atoms with Crippen molar-refractivity contribution in [3.8, 4) is 0 Å². The SMILES string of the molecule is CCS(=O)(=O)c1ccc(NC(=O)[C@H]2CCCN(C(=O)c3ccoc3)C2)cc1. The number of likely N-dealkylation sites (tertiary alicyclic amines) is 1. The lowest BCUT2D eigenvalue weighted by Crippen LogP contribution is -2.43. The molecule has 0 radical (unpaired) electrons. The van der Waals surface area contributed by atoms with Crippen molar-refractivity contribution in [2.45, 2.75) is 24.7 Å². The molecule has 1 atom stereocenters. The molecular formula is C19H22N2O5S. The lowest BCUT2D eigenvalue weighted by molar-refractivity contribution is -0.121. The number of nitrogens with zero attached hydrogens (tertiary/aromatic N) is 1. The molecule has 3 rings (SSSR count). The van der Waals surface area contributed by atoms with Gasteiger partial charge in [0, 0.05) is 18.8 Å². The Kier molecular flexibility index (Phi) is 5.65. The average Bonchev–Trinajstić information content (AvgIpc) is 3.22. The van der Waals surface area contributed by atoms with Gasteiger partial charge in [0.1, 0.15) is 6.26 Å². The molecule has 2 amide bonds. The summed E-state index contributed by atoms with van der Waals surface area (Å²) < 4.78 is 28.6. The third-order valence-corrected chi connectivity index (χ3v) is 6.46. The first-order valence-electron chi connectivity index (χ1n) is 8.86. The van der Waals surface area contributed by atoms with E-state index in [2.05, 4.69) is 5.32 Å². The number of sulfone groups is 1. The maximum atomic E-state index is 12.6. The van der Waals surface area contributed by atoms with E-state index >= 15 is 0 Å². The summed E-state index contributed by atoms with van der Waals surface area (Å²) in [6, 6.07) is 7.75. The summed E-state index contributed by atoms with van der Waals surface area (Å²) in [5, 5.41) is 2.81. The van der Waals surface area contributed by atoms with Gasteiger partial charge in [-0.25, -0.2) is 8.42 Å². The van der Waals surface area contributed by atoms with Gasteiger partial charge in [0.2, 0.25) is 5.91 Å². The highest BCUT2D eigenvalue weighted by Gasteiger charge is 2.29. The van der Waals surface area contributed by atoms with Gasteiger partial charge < -0.3 is 14.6 Å². The van der Waals surface area contributed by atoms with E-state index in [1.807, 2.05) is 0 Å². The van der Waals surface area contributed by atoms with Gasteiger partial charge in [-0.2, -0.15) is 0 Å². The van der Waals surface area contributed by atoms with Gasteiger partial charge in [0.25, 0.3) is 5.91 Å². The topological polar surface area (TPSA) is 96.7 Å². The van der Waals surface area contributed by atoms with Gasteiger partial charge in [0.05, 0.1) is 28.4 Å². The smallest absolute Gasteiger partial charge is 0.257 e. The van der Waals surface area contributed by atoms with Gasteiger partial charge in [0.15, 0.2) is 9.84 Å². The molecule has 0 saturated carbocycles. The summed E-state index contributed by atoms with van der Waals surface area (Å²) in [6.07, 6.45) is 4.29. The monoisotopic (exact) mass is 390 g/mol. The van der Waals surface area contributed by atoms with Crippen LogP contribution in [0.1, 0.15) is 30.1 Å². The fourth-order valence-corrected chi connectivity index (χ4v) is 3.99. The molecule has 27 heavy (non-hydrogen) atoms. The minimum atomic E-state index is -3.27. The summed E-state index contributed by atoms with van der Waals surface area (Å²) in [5.41, 5.74) is 1.01. The number of nitrogens with one attached hydrogen (secondary N) is 1. The van der Waals surface area contributed by atoms with Crippen LogP contribution in [0, 0.1) is 5.92 Å². The van der Waals surface area contributed by atoms with Gasteiger partial charge in [-0.3, -0.25) is 9.59 Å². The highest BCUT2D eigenvalue weighted by atomic mass is 32.2. The van der Waals surface area contributed by atoms with Crippen LogP contribution in [0.15, 0.2) is 52.2 Å². The number of rotatable bonds is 5. The van der Waals surface area contributed by atoms with Crippen molar-refractivity contribution in [3.05, 3.63) is 48.4 Å². The normalized spacial score (nSPS) is 17.5. The fraction of sp³-hybridized carbons (Fsp3) is 0.368. The molecule has 1 aromatic heterocycles. The first kappa shape index (κ1) is 19.2. The van der Waals surface area contributed by atoms with Crippen molar-refractivity contribution < 1.29 is 22.4 Å². The molecule has 1 saturated heterocycles. The highest BCUT2D eigenvalue weighted by molar-refractivity contribution is 7.91. The number of carbonyl (C=O) groups excluding carboxylic acids is 2. The number of benzene rings is 1. The third kappa shape index (κ3) is 4.39. The lowest BCUT2D eigenvalue weighted by Gasteiger charge is -2.31. The predicted octanol–water partition coefficient (Wildman–Crippen LogP) is 2.56. The first-order chi connectivity index (χ1) is 12.9. The van der Waals surface area contributed by atoms with Crippen LogP contribution in [-0.2, 0) is 14.6 Å². The number of furan rings is 1. The zero-order chi connectivity index (χ0) is 19.4. The zero-order valence-corrected chi connectivity index (χ0v) is 15.9.